The first-order valence-corrected chi connectivity index (χ1v) is 6.99. The second-order valence-corrected chi connectivity index (χ2v) is 5.12. The van der Waals surface area contributed by atoms with Crippen molar-refractivity contribution in [3.05, 3.63) is 46.5 Å². The van der Waals surface area contributed by atoms with Crippen LogP contribution in [-0.2, 0) is 0 Å². The van der Waals surface area contributed by atoms with Crippen molar-refractivity contribution in [3.8, 4) is 35.5 Å². The summed E-state index contributed by atoms with van der Waals surface area (Å²) in [5.41, 5.74) is 3.56. The highest BCUT2D eigenvalue weighted by molar-refractivity contribution is 5.58. The Kier molecular flexibility index (Phi) is 4.73. The molecule has 0 aromatic heterocycles. The zero-order chi connectivity index (χ0) is 17.0. The van der Waals surface area contributed by atoms with Crippen LogP contribution in [0.1, 0.15) is 22.3 Å². The van der Waals surface area contributed by atoms with Gasteiger partial charge in [0.05, 0.1) is 0 Å². The van der Waals surface area contributed by atoms with Crippen LogP contribution in [0.3, 0.4) is 0 Å². The quantitative estimate of drug-likeness (QED) is 0.781. The SMILES string of the molecule is Cc1c(C)c(Oc2ccc(OC#N)cc2)c(C)c(C)c1OC#N. The molecule has 0 fully saturated rings. The summed E-state index contributed by atoms with van der Waals surface area (Å²) >= 11 is 0. The van der Waals surface area contributed by atoms with E-state index in [1.165, 1.54) is 0 Å². The molecule has 5 heteroatoms. The molecule has 116 valence electrons. The minimum absolute atomic E-state index is 0.457. The summed E-state index contributed by atoms with van der Waals surface area (Å²) in [5.74, 6) is 2.40. The van der Waals surface area contributed by atoms with Crippen molar-refractivity contribution in [2.45, 2.75) is 27.7 Å². The van der Waals surface area contributed by atoms with E-state index in [2.05, 4.69) is 0 Å². The van der Waals surface area contributed by atoms with Gasteiger partial charge in [0.1, 0.15) is 23.0 Å². The predicted molar refractivity (Wildman–Crippen MR) is 84.4 cm³/mol. The Morgan fingerprint density at radius 2 is 1.09 bits per heavy atom. The number of nitriles is 2. The first-order valence-electron chi connectivity index (χ1n) is 6.99. The van der Waals surface area contributed by atoms with Crippen LogP contribution in [0.15, 0.2) is 24.3 Å². The number of rotatable bonds is 4. The van der Waals surface area contributed by atoms with E-state index in [-0.39, 0.29) is 0 Å². The Labute approximate surface area is 135 Å². The standard InChI is InChI=1S/C18H16N2O3/c1-11-13(3)18(14(4)12(2)17(11)22-10-20)23-16-7-5-15(6-8-16)21-9-19/h5-8H,1-4H3. The van der Waals surface area contributed by atoms with E-state index in [1.807, 2.05) is 27.7 Å². The Hall–Kier alpha value is -3.18. The number of hydrogen-bond acceptors (Lipinski definition) is 5. The summed E-state index contributed by atoms with van der Waals surface area (Å²) in [6, 6.07) is 6.79. The molecule has 5 nitrogen and oxygen atoms in total. The van der Waals surface area contributed by atoms with Crippen LogP contribution in [0.25, 0.3) is 0 Å². The second kappa shape index (κ2) is 6.72. The highest BCUT2D eigenvalue weighted by Gasteiger charge is 2.18. The topological polar surface area (TPSA) is 75.3 Å². The third kappa shape index (κ3) is 3.20. The molecule has 0 unspecified atom stereocenters. The molecule has 0 atom stereocenters. The van der Waals surface area contributed by atoms with Gasteiger partial charge in [-0.05, 0) is 74.2 Å². The lowest BCUT2D eigenvalue weighted by atomic mass is 9.98. The fourth-order valence-corrected chi connectivity index (χ4v) is 2.34. The van der Waals surface area contributed by atoms with Crippen molar-refractivity contribution < 1.29 is 14.2 Å². The van der Waals surface area contributed by atoms with Crippen LogP contribution in [0.4, 0.5) is 0 Å². The zero-order valence-electron chi connectivity index (χ0n) is 13.4. The van der Waals surface area contributed by atoms with Gasteiger partial charge in [-0.2, -0.15) is 0 Å². The molecule has 2 aromatic carbocycles. The summed E-state index contributed by atoms with van der Waals surface area (Å²) in [4.78, 5) is 0. The van der Waals surface area contributed by atoms with Crippen LogP contribution in [0, 0.1) is 50.7 Å². The molecular formula is C18H16N2O3. The predicted octanol–water partition coefficient (Wildman–Crippen LogP) is 4.43. The lowest BCUT2D eigenvalue weighted by molar-refractivity contribution is 0.461. The average molecular weight is 308 g/mol. The lowest BCUT2D eigenvalue weighted by Crippen LogP contribution is -2.00. The molecule has 0 saturated heterocycles. The van der Waals surface area contributed by atoms with E-state index in [4.69, 9.17) is 24.7 Å². The molecule has 0 bridgehead atoms. The molecule has 23 heavy (non-hydrogen) atoms. The molecule has 0 aliphatic heterocycles. The number of ether oxygens (including phenoxy) is 3. The summed E-state index contributed by atoms with van der Waals surface area (Å²) in [6.07, 6.45) is 3.35. The second-order valence-electron chi connectivity index (χ2n) is 5.12. The lowest BCUT2D eigenvalue weighted by Gasteiger charge is -2.18. The fraction of sp³-hybridized carbons (Fsp3) is 0.222. The highest BCUT2D eigenvalue weighted by atomic mass is 16.5. The first-order chi connectivity index (χ1) is 11.0. The maximum absolute atomic E-state index is 8.79. The van der Waals surface area contributed by atoms with Gasteiger partial charge in [-0.1, -0.05) is 0 Å². The van der Waals surface area contributed by atoms with Crippen LogP contribution in [0.5, 0.6) is 23.0 Å². The molecule has 0 aliphatic rings. The van der Waals surface area contributed by atoms with Crippen LogP contribution >= 0.6 is 0 Å². The van der Waals surface area contributed by atoms with E-state index in [9.17, 15) is 0 Å². The molecule has 0 radical (unpaired) electrons. The van der Waals surface area contributed by atoms with Crippen molar-refractivity contribution >= 4 is 0 Å². The molecule has 0 N–H and O–H groups in total. The maximum atomic E-state index is 8.79. The van der Waals surface area contributed by atoms with Crippen molar-refractivity contribution in [3.63, 3.8) is 0 Å². The van der Waals surface area contributed by atoms with Gasteiger partial charge >= 0.3 is 0 Å². The Bertz CT molecular complexity index is 783. The molecule has 0 heterocycles. The van der Waals surface area contributed by atoms with Gasteiger partial charge in [-0.15, -0.1) is 10.5 Å². The van der Waals surface area contributed by atoms with Crippen LogP contribution < -0.4 is 14.2 Å². The Balaban J connectivity index is 2.41. The summed E-state index contributed by atoms with van der Waals surface area (Å²) in [7, 11) is 0. The van der Waals surface area contributed by atoms with E-state index in [1.54, 1.807) is 36.8 Å². The Morgan fingerprint density at radius 1 is 0.652 bits per heavy atom. The number of hydrogen-bond donors (Lipinski definition) is 0. The van der Waals surface area contributed by atoms with Gasteiger partial charge in [0.2, 0.25) is 0 Å². The highest BCUT2D eigenvalue weighted by Crippen LogP contribution is 2.39. The van der Waals surface area contributed by atoms with E-state index >= 15 is 0 Å². The first kappa shape index (κ1) is 16.2. The maximum Gasteiger partial charge on any atom is 0.292 e. The zero-order valence-corrected chi connectivity index (χ0v) is 13.4. The third-order valence-electron chi connectivity index (χ3n) is 3.84. The normalized spacial score (nSPS) is 9.65. The molecule has 0 saturated carbocycles. The summed E-state index contributed by atoms with van der Waals surface area (Å²) in [6.45, 7) is 7.64. The summed E-state index contributed by atoms with van der Waals surface area (Å²) < 4.78 is 15.8. The number of benzene rings is 2. The van der Waals surface area contributed by atoms with Gasteiger partial charge in [-0.25, -0.2) is 0 Å². The minimum Gasteiger partial charge on any atom is -0.457 e. The largest absolute Gasteiger partial charge is 0.457 e. The van der Waals surface area contributed by atoms with Gasteiger partial charge in [0.25, 0.3) is 12.5 Å². The van der Waals surface area contributed by atoms with Gasteiger partial charge in [0.15, 0.2) is 0 Å². The molecule has 2 aromatic rings. The molecule has 0 aliphatic carbocycles. The Morgan fingerprint density at radius 3 is 1.57 bits per heavy atom. The van der Waals surface area contributed by atoms with Crippen molar-refractivity contribution in [1.82, 2.24) is 0 Å². The van der Waals surface area contributed by atoms with Crippen molar-refractivity contribution in [2.75, 3.05) is 0 Å². The molecule has 0 spiro atoms. The monoisotopic (exact) mass is 308 g/mol. The van der Waals surface area contributed by atoms with Gasteiger partial charge in [-0.3, -0.25) is 0 Å². The van der Waals surface area contributed by atoms with E-state index in [0.29, 0.717) is 17.2 Å². The van der Waals surface area contributed by atoms with E-state index < -0.39 is 0 Å². The number of nitrogens with zero attached hydrogens (tertiary/aromatic N) is 2. The van der Waals surface area contributed by atoms with E-state index in [0.717, 1.165) is 28.0 Å². The molecular weight excluding hydrogens is 292 g/mol. The average Bonchev–Trinajstić information content (AvgIpc) is 2.55. The smallest absolute Gasteiger partial charge is 0.292 e. The molecule has 2 rings (SSSR count). The van der Waals surface area contributed by atoms with Crippen molar-refractivity contribution in [1.29, 1.82) is 10.5 Å². The molecule has 0 amide bonds. The van der Waals surface area contributed by atoms with Crippen LogP contribution in [0.2, 0.25) is 0 Å². The minimum atomic E-state index is 0.457. The van der Waals surface area contributed by atoms with Crippen molar-refractivity contribution in [2.24, 2.45) is 0 Å². The van der Waals surface area contributed by atoms with Gasteiger partial charge < -0.3 is 14.2 Å². The van der Waals surface area contributed by atoms with Crippen LogP contribution in [-0.4, -0.2) is 0 Å². The summed E-state index contributed by atoms with van der Waals surface area (Å²) in [5, 5.41) is 17.3. The van der Waals surface area contributed by atoms with Gasteiger partial charge in [0, 0.05) is 0 Å². The third-order valence-corrected chi connectivity index (χ3v) is 3.84. The fourth-order valence-electron chi connectivity index (χ4n) is 2.34.